The van der Waals surface area contributed by atoms with E-state index < -0.39 is 0 Å². The summed E-state index contributed by atoms with van der Waals surface area (Å²) in [6.07, 6.45) is 0. The summed E-state index contributed by atoms with van der Waals surface area (Å²) in [5.41, 5.74) is 5.06. The van der Waals surface area contributed by atoms with Crippen molar-refractivity contribution < 1.29 is 9.90 Å². The lowest BCUT2D eigenvalue weighted by Gasteiger charge is -2.08. The van der Waals surface area contributed by atoms with Gasteiger partial charge in [0.05, 0.1) is 5.69 Å². The van der Waals surface area contributed by atoms with E-state index in [2.05, 4.69) is 15.5 Å². The van der Waals surface area contributed by atoms with Crippen LogP contribution in [0.3, 0.4) is 0 Å². The van der Waals surface area contributed by atoms with Crippen LogP contribution in [0.25, 0.3) is 11.3 Å². The smallest absolute Gasteiger partial charge is 0.273 e. The number of H-pyrrole nitrogens is 1. The van der Waals surface area contributed by atoms with Gasteiger partial charge in [0.25, 0.3) is 5.91 Å². The number of para-hydroxylation sites is 1. The average molecular weight is 321 g/mol. The molecule has 0 fully saturated rings. The van der Waals surface area contributed by atoms with E-state index in [1.807, 2.05) is 51.1 Å². The number of amides is 1. The van der Waals surface area contributed by atoms with Gasteiger partial charge in [-0.1, -0.05) is 24.3 Å². The van der Waals surface area contributed by atoms with Gasteiger partial charge in [-0.25, -0.2) is 0 Å². The molecule has 3 rings (SSSR count). The third-order valence-electron chi connectivity index (χ3n) is 3.98. The highest BCUT2D eigenvalue weighted by atomic mass is 16.3. The standard InChI is InChI=1S/C19H19N3O2/c1-11-7-8-12(2)15(9-11)20-19(24)17-10-16(21-22-17)14-6-4-5-13(3)18(14)23/h4-10,23H,1-3H3,(H,20,24)(H,21,22). The minimum atomic E-state index is -0.269. The number of nitrogens with zero attached hydrogens (tertiary/aromatic N) is 1. The lowest BCUT2D eigenvalue weighted by Crippen LogP contribution is -2.13. The first-order valence-corrected chi connectivity index (χ1v) is 7.68. The topological polar surface area (TPSA) is 78.0 Å². The minimum Gasteiger partial charge on any atom is -0.507 e. The molecule has 0 spiro atoms. The molecule has 5 nitrogen and oxygen atoms in total. The molecular weight excluding hydrogens is 302 g/mol. The second-order valence-corrected chi connectivity index (χ2v) is 5.91. The Labute approximate surface area is 140 Å². The number of aromatic hydroxyl groups is 1. The summed E-state index contributed by atoms with van der Waals surface area (Å²) in [5.74, 6) is -0.0971. The number of carbonyl (C=O) groups is 1. The zero-order valence-electron chi connectivity index (χ0n) is 13.8. The van der Waals surface area contributed by atoms with Crippen molar-refractivity contribution in [3.63, 3.8) is 0 Å². The summed E-state index contributed by atoms with van der Waals surface area (Å²) in [6.45, 7) is 5.74. The Hall–Kier alpha value is -3.08. The van der Waals surface area contributed by atoms with Gasteiger partial charge in [0.15, 0.2) is 0 Å². The van der Waals surface area contributed by atoms with E-state index in [0.29, 0.717) is 17.0 Å². The fraction of sp³-hybridized carbons (Fsp3) is 0.158. The van der Waals surface area contributed by atoms with E-state index in [0.717, 1.165) is 22.4 Å². The Morgan fingerprint density at radius 1 is 1.08 bits per heavy atom. The largest absolute Gasteiger partial charge is 0.507 e. The van der Waals surface area contributed by atoms with Gasteiger partial charge in [0, 0.05) is 11.3 Å². The summed E-state index contributed by atoms with van der Waals surface area (Å²) < 4.78 is 0. The van der Waals surface area contributed by atoms with Gasteiger partial charge in [-0.3, -0.25) is 9.89 Å². The Bertz CT molecular complexity index is 913. The summed E-state index contributed by atoms with van der Waals surface area (Å²) in [4.78, 5) is 12.4. The number of aromatic amines is 1. The number of carbonyl (C=O) groups excluding carboxylic acids is 1. The van der Waals surface area contributed by atoms with Crippen LogP contribution in [0, 0.1) is 20.8 Å². The van der Waals surface area contributed by atoms with Crippen LogP contribution in [-0.2, 0) is 0 Å². The summed E-state index contributed by atoms with van der Waals surface area (Å²) in [5, 5.41) is 19.9. The first-order chi connectivity index (χ1) is 11.5. The van der Waals surface area contributed by atoms with Crippen LogP contribution in [-0.4, -0.2) is 21.2 Å². The molecule has 3 aromatic rings. The van der Waals surface area contributed by atoms with Gasteiger partial charge in [0.2, 0.25) is 0 Å². The number of aromatic nitrogens is 2. The van der Waals surface area contributed by atoms with Gasteiger partial charge in [-0.15, -0.1) is 0 Å². The number of anilines is 1. The van der Waals surface area contributed by atoms with E-state index in [1.54, 1.807) is 12.1 Å². The summed E-state index contributed by atoms with van der Waals surface area (Å²) in [6, 6.07) is 13.0. The van der Waals surface area contributed by atoms with Crippen LogP contribution >= 0.6 is 0 Å². The number of rotatable bonds is 3. The number of aryl methyl sites for hydroxylation is 3. The van der Waals surface area contributed by atoms with Crippen LogP contribution in [0.2, 0.25) is 0 Å². The molecule has 0 aliphatic heterocycles. The Balaban J connectivity index is 1.86. The number of phenols is 1. The molecule has 3 N–H and O–H groups in total. The quantitative estimate of drug-likeness (QED) is 0.683. The van der Waals surface area contributed by atoms with Crippen molar-refractivity contribution in [3.8, 4) is 17.0 Å². The fourth-order valence-electron chi connectivity index (χ4n) is 2.50. The van der Waals surface area contributed by atoms with E-state index in [4.69, 9.17) is 0 Å². The molecule has 1 aromatic heterocycles. The Kier molecular flexibility index (Phi) is 4.08. The van der Waals surface area contributed by atoms with E-state index in [1.165, 1.54) is 0 Å². The normalized spacial score (nSPS) is 10.6. The molecule has 0 aliphatic rings. The van der Waals surface area contributed by atoms with E-state index >= 15 is 0 Å². The zero-order valence-corrected chi connectivity index (χ0v) is 13.8. The molecule has 0 aliphatic carbocycles. The van der Waals surface area contributed by atoms with E-state index in [-0.39, 0.29) is 11.7 Å². The zero-order chi connectivity index (χ0) is 17.3. The van der Waals surface area contributed by atoms with Crippen LogP contribution < -0.4 is 5.32 Å². The Morgan fingerprint density at radius 3 is 2.67 bits per heavy atom. The van der Waals surface area contributed by atoms with Crippen molar-refractivity contribution in [1.82, 2.24) is 10.2 Å². The maximum absolute atomic E-state index is 12.4. The molecule has 0 unspecified atom stereocenters. The lowest BCUT2D eigenvalue weighted by atomic mass is 10.1. The molecule has 0 atom stereocenters. The van der Waals surface area contributed by atoms with Crippen molar-refractivity contribution in [2.75, 3.05) is 5.32 Å². The first-order valence-electron chi connectivity index (χ1n) is 7.68. The van der Waals surface area contributed by atoms with Gasteiger partial charge in [-0.2, -0.15) is 5.10 Å². The van der Waals surface area contributed by atoms with Crippen molar-refractivity contribution in [2.24, 2.45) is 0 Å². The van der Waals surface area contributed by atoms with E-state index in [9.17, 15) is 9.90 Å². The lowest BCUT2D eigenvalue weighted by molar-refractivity contribution is 0.102. The van der Waals surface area contributed by atoms with Crippen LogP contribution in [0.1, 0.15) is 27.2 Å². The molecule has 0 saturated carbocycles. The number of hydrogen-bond donors (Lipinski definition) is 3. The van der Waals surface area contributed by atoms with Crippen LogP contribution in [0.4, 0.5) is 5.69 Å². The monoisotopic (exact) mass is 321 g/mol. The number of benzene rings is 2. The molecule has 122 valence electrons. The molecular formula is C19H19N3O2. The highest BCUT2D eigenvalue weighted by Crippen LogP contribution is 2.30. The van der Waals surface area contributed by atoms with Gasteiger partial charge in [-0.05, 0) is 55.7 Å². The molecule has 1 heterocycles. The first kappa shape index (κ1) is 15.8. The van der Waals surface area contributed by atoms with Gasteiger partial charge >= 0.3 is 0 Å². The SMILES string of the molecule is Cc1ccc(C)c(NC(=O)c2cc(-c3cccc(C)c3O)n[nH]2)c1. The predicted octanol–water partition coefficient (Wildman–Crippen LogP) is 3.96. The number of phenolic OH excluding ortho intramolecular Hbond substituents is 1. The van der Waals surface area contributed by atoms with Crippen LogP contribution in [0.5, 0.6) is 5.75 Å². The van der Waals surface area contributed by atoms with Gasteiger partial charge in [0.1, 0.15) is 11.4 Å². The minimum absolute atomic E-state index is 0.172. The molecule has 5 heteroatoms. The molecule has 0 radical (unpaired) electrons. The maximum Gasteiger partial charge on any atom is 0.273 e. The number of hydrogen-bond acceptors (Lipinski definition) is 3. The summed E-state index contributed by atoms with van der Waals surface area (Å²) >= 11 is 0. The average Bonchev–Trinajstić information content (AvgIpc) is 3.03. The van der Waals surface area contributed by atoms with Crippen molar-refractivity contribution in [2.45, 2.75) is 20.8 Å². The predicted molar refractivity (Wildman–Crippen MR) is 94.3 cm³/mol. The number of nitrogens with one attached hydrogen (secondary N) is 2. The third-order valence-corrected chi connectivity index (χ3v) is 3.98. The van der Waals surface area contributed by atoms with Gasteiger partial charge < -0.3 is 10.4 Å². The van der Waals surface area contributed by atoms with Crippen LogP contribution in [0.15, 0.2) is 42.5 Å². The second-order valence-electron chi connectivity index (χ2n) is 5.91. The molecule has 1 amide bonds. The Morgan fingerprint density at radius 2 is 1.88 bits per heavy atom. The second kappa shape index (κ2) is 6.20. The van der Waals surface area contributed by atoms with Crippen molar-refractivity contribution in [3.05, 3.63) is 64.8 Å². The fourth-order valence-corrected chi connectivity index (χ4v) is 2.50. The maximum atomic E-state index is 12.4. The molecule has 0 bridgehead atoms. The third kappa shape index (κ3) is 3.01. The molecule has 0 saturated heterocycles. The van der Waals surface area contributed by atoms with Crippen molar-refractivity contribution >= 4 is 11.6 Å². The van der Waals surface area contributed by atoms with Crippen molar-refractivity contribution in [1.29, 1.82) is 0 Å². The molecule has 2 aromatic carbocycles. The highest BCUT2D eigenvalue weighted by Gasteiger charge is 2.15. The highest BCUT2D eigenvalue weighted by molar-refractivity contribution is 6.04. The summed E-state index contributed by atoms with van der Waals surface area (Å²) in [7, 11) is 0. The molecule has 24 heavy (non-hydrogen) atoms.